The van der Waals surface area contributed by atoms with Crippen molar-refractivity contribution in [1.82, 2.24) is 0 Å². The van der Waals surface area contributed by atoms with Gasteiger partial charge < -0.3 is 9.84 Å². The van der Waals surface area contributed by atoms with Crippen LogP contribution in [0.3, 0.4) is 0 Å². The van der Waals surface area contributed by atoms with Crippen molar-refractivity contribution in [3.63, 3.8) is 0 Å². The summed E-state index contributed by atoms with van der Waals surface area (Å²) in [5.41, 5.74) is 0.117. The SMILES string of the molecule is CC(C)CC(O)C1CCOC2(CCSCC2)C1. The van der Waals surface area contributed by atoms with Crippen molar-refractivity contribution >= 4 is 11.8 Å². The van der Waals surface area contributed by atoms with E-state index in [1.165, 1.54) is 24.3 Å². The first-order chi connectivity index (χ1) is 8.11. The third-order valence-corrected chi connectivity index (χ3v) is 5.18. The van der Waals surface area contributed by atoms with E-state index in [1.54, 1.807) is 0 Å². The fourth-order valence-corrected chi connectivity index (χ4v) is 4.40. The Morgan fingerprint density at radius 2 is 2.06 bits per heavy atom. The third kappa shape index (κ3) is 3.62. The van der Waals surface area contributed by atoms with Crippen LogP contribution in [0.5, 0.6) is 0 Å². The van der Waals surface area contributed by atoms with E-state index in [0.717, 1.165) is 25.9 Å². The Morgan fingerprint density at radius 1 is 1.35 bits per heavy atom. The summed E-state index contributed by atoms with van der Waals surface area (Å²) >= 11 is 2.04. The molecule has 2 aliphatic rings. The van der Waals surface area contributed by atoms with Gasteiger partial charge in [0.25, 0.3) is 0 Å². The van der Waals surface area contributed by atoms with E-state index in [4.69, 9.17) is 4.74 Å². The zero-order chi connectivity index (χ0) is 12.3. The second-order valence-corrected chi connectivity index (χ2v) is 7.32. The Bertz CT molecular complexity index is 231. The average Bonchev–Trinajstić information content (AvgIpc) is 2.29. The molecule has 0 aromatic carbocycles. The highest BCUT2D eigenvalue weighted by atomic mass is 32.2. The first kappa shape index (κ1) is 13.7. The molecular weight excluding hydrogens is 232 g/mol. The fraction of sp³-hybridized carbons (Fsp3) is 1.00. The van der Waals surface area contributed by atoms with Crippen LogP contribution in [-0.4, -0.2) is 34.9 Å². The lowest BCUT2D eigenvalue weighted by Gasteiger charge is -2.44. The summed E-state index contributed by atoms with van der Waals surface area (Å²) in [4.78, 5) is 0. The summed E-state index contributed by atoms with van der Waals surface area (Å²) in [7, 11) is 0. The number of hydrogen-bond donors (Lipinski definition) is 1. The predicted molar refractivity (Wildman–Crippen MR) is 73.4 cm³/mol. The zero-order valence-electron chi connectivity index (χ0n) is 11.2. The third-order valence-electron chi connectivity index (χ3n) is 4.19. The Hall–Kier alpha value is 0.270. The lowest BCUT2D eigenvalue weighted by Crippen LogP contribution is -2.45. The summed E-state index contributed by atoms with van der Waals surface area (Å²) in [5, 5.41) is 10.3. The average molecular weight is 258 g/mol. The molecule has 2 atom stereocenters. The maximum atomic E-state index is 10.3. The van der Waals surface area contributed by atoms with Gasteiger partial charge in [-0.25, -0.2) is 0 Å². The molecule has 2 nitrogen and oxygen atoms in total. The number of aliphatic hydroxyl groups is 1. The van der Waals surface area contributed by atoms with Crippen molar-refractivity contribution in [2.75, 3.05) is 18.1 Å². The molecule has 1 N–H and O–H groups in total. The minimum Gasteiger partial charge on any atom is -0.393 e. The van der Waals surface area contributed by atoms with Gasteiger partial charge in [-0.3, -0.25) is 0 Å². The zero-order valence-corrected chi connectivity index (χ0v) is 12.0. The molecule has 0 aromatic heterocycles. The summed E-state index contributed by atoms with van der Waals surface area (Å²) in [6, 6.07) is 0. The number of ether oxygens (including phenoxy) is 1. The molecule has 0 saturated carbocycles. The standard InChI is InChI=1S/C14H26O2S/c1-11(2)9-13(15)12-3-6-16-14(10-12)4-7-17-8-5-14/h11-13,15H,3-10H2,1-2H3. The van der Waals surface area contributed by atoms with Crippen molar-refractivity contribution in [3.8, 4) is 0 Å². The minimum atomic E-state index is -0.120. The van der Waals surface area contributed by atoms with Crippen molar-refractivity contribution in [2.24, 2.45) is 11.8 Å². The Labute approximate surface area is 110 Å². The van der Waals surface area contributed by atoms with Gasteiger partial charge in [-0.05, 0) is 55.4 Å². The molecule has 2 saturated heterocycles. The highest BCUT2D eigenvalue weighted by Crippen LogP contribution is 2.41. The molecule has 2 unspecified atom stereocenters. The monoisotopic (exact) mass is 258 g/mol. The normalized spacial score (nSPS) is 30.7. The fourth-order valence-electron chi connectivity index (χ4n) is 3.16. The van der Waals surface area contributed by atoms with Gasteiger partial charge in [0.05, 0.1) is 11.7 Å². The number of thioether (sulfide) groups is 1. The van der Waals surface area contributed by atoms with Crippen LogP contribution in [0.25, 0.3) is 0 Å². The molecule has 1 spiro atoms. The molecule has 0 amide bonds. The van der Waals surface area contributed by atoms with Crippen LogP contribution >= 0.6 is 11.8 Å². The van der Waals surface area contributed by atoms with E-state index in [0.29, 0.717) is 11.8 Å². The lowest BCUT2D eigenvalue weighted by atomic mass is 9.78. The maximum Gasteiger partial charge on any atom is 0.0701 e. The van der Waals surface area contributed by atoms with Gasteiger partial charge >= 0.3 is 0 Å². The predicted octanol–water partition coefficient (Wildman–Crippen LogP) is 3.09. The van der Waals surface area contributed by atoms with Gasteiger partial charge in [0, 0.05) is 6.61 Å². The van der Waals surface area contributed by atoms with Crippen molar-refractivity contribution in [2.45, 2.75) is 57.7 Å². The lowest BCUT2D eigenvalue weighted by molar-refractivity contribution is -0.122. The van der Waals surface area contributed by atoms with Crippen molar-refractivity contribution in [1.29, 1.82) is 0 Å². The molecular formula is C14H26O2S. The van der Waals surface area contributed by atoms with Crippen molar-refractivity contribution < 1.29 is 9.84 Å². The largest absolute Gasteiger partial charge is 0.393 e. The van der Waals surface area contributed by atoms with E-state index >= 15 is 0 Å². The van der Waals surface area contributed by atoms with Crippen LogP contribution in [0.1, 0.15) is 46.0 Å². The summed E-state index contributed by atoms with van der Waals surface area (Å²) in [6.45, 7) is 5.23. The van der Waals surface area contributed by atoms with Crippen LogP contribution in [0.2, 0.25) is 0 Å². The van der Waals surface area contributed by atoms with Gasteiger partial charge in [0.2, 0.25) is 0 Å². The Balaban J connectivity index is 1.91. The van der Waals surface area contributed by atoms with Crippen LogP contribution in [0.15, 0.2) is 0 Å². The van der Waals surface area contributed by atoms with E-state index in [-0.39, 0.29) is 11.7 Å². The Kier molecular flexibility index (Phi) is 4.79. The molecule has 2 heterocycles. The highest BCUT2D eigenvalue weighted by molar-refractivity contribution is 7.99. The molecule has 2 aliphatic heterocycles. The Morgan fingerprint density at radius 3 is 2.71 bits per heavy atom. The minimum absolute atomic E-state index is 0.117. The molecule has 100 valence electrons. The van der Waals surface area contributed by atoms with Crippen LogP contribution < -0.4 is 0 Å². The number of aliphatic hydroxyl groups excluding tert-OH is 1. The van der Waals surface area contributed by atoms with Gasteiger partial charge in [0.15, 0.2) is 0 Å². The van der Waals surface area contributed by atoms with Crippen LogP contribution in [0, 0.1) is 11.8 Å². The second kappa shape index (κ2) is 5.94. The topological polar surface area (TPSA) is 29.5 Å². The highest BCUT2D eigenvalue weighted by Gasteiger charge is 2.40. The van der Waals surface area contributed by atoms with Gasteiger partial charge in [-0.1, -0.05) is 13.8 Å². The number of hydrogen-bond acceptors (Lipinski definition) is 3. The smallest absolute Gasteiger partial charge is 0.0701 e. The van der Waals surface area contributed by atoms with Gasteiger partial charge in [-0.2, -0.15) is 11.8 Å². The summed E-state index contributed by atoms with van der Waals surface area (Å²) in [6.07, 6.45) is 5.32. The second-order valence-electron chi connectivity index (χ2n) is 6.09. The van der Waals surface area contributed by atoms with E-state index in [2.05, 4.69) is 13.8 Å². The molecule has 17 heavy (non-hydrogen) atoms. The van der Waals surface area contributed by atoms with E-state index in [9.17, 15) is 5.11 Å². The molecule has 3 heteroatoms. The first-order valence-electron chi connectivity index (χ1n) is 7.01. The molecule has 0 aliphatic carbocycles. The van der Waals surface area contributed by atoms with Gasteiger partial charge in [0.1, 0.15) is 0 Å². The van der Waals surface area contributed by atoms with Crippen LogP contribution in [-0.2, 0) is 4.74 Å². The quantitative estimate of drug-likeness (QED) is 0.843. The molecule has 2 rings (SSSR count). The van der Waals surface area contributed by atoms with Gasteiger partial charge in [-0.15, -0.1) is 0 Å². The number of rotatable bonds is 3. The molecule has 0 bridgehead atoms. The van der Waals surface area contributed by atoms with E-state index in [1.807, 2.05) is 11.8 Å². The van der Waals surface area contributed by atoms with Crippen molar-refractivity contribution in [3.05, 3.63) is 0 Å². The first-order valence-corrected chi connectivity index (χ1v) is 8.16. The summed E-state index contributed by atoms with van der Waals surface area (Å²) < 4.78 is 6.07. The molecule has 0 aromatic rings. The summed E-state index contributed by atoms with van der Waals surface area (Å²) in [5.74, 6) is 3.51. The maximum absolute atomic E-state index is 10.3. The molecule has 0 radical (unpaired) electrons. The van der Waals surface area contributed by atoms with E-state index < -0.39 is 0 Å². The van der Waals surface area contributed by atoms with Crippen LogP contribution in [0.4, 0.5) is 0 Å². The molecule has 2 fully saturated rings.